The van der Waals surface area contributed by atoms with E-state index in [0.717, 1.165) is 43.9 Å². The van der Waals surface area contributed by atoms with Crippen LogP contribution in [0.5, 0.6) is 0 Å². The number of para-hydroxylation sites is 1. The van der Waals surface area contributed by atoms with E-state index >= 15 is 4.39 Å². The van der Waals surface area contributed by atoms with Crippen molar-refractivity contribution in [3.63, 3.8) is 0 Å². The van der Waals surface area contributed by atoms with E-state index < -0.39 is 0 Å². The Morgan fingerprint density at radius 3 is 1.75 bits per heavy atom. The van der Waals surface area contributed by atoms with E-state index in [4.69, 9.17) is 4.42 Å². The molecule has 2 heteroatoms. The largest absolute Gasteiger partial charge is 0.455 e. The van der Waals surface area contributed by atoms with Gasteiger partial charge in [0.2, 0.25) is 0 Å². The number of halogens is 1. The third kappa shape index (κ3) is 3.90. The Morgan fingerprint density at radius 1 is 0.458 bits per heavy atom. The third-order valence-electron chi connectivity index (χ3n) is 10.3. The molecule has 0 radical (unpaired) electrons. The molecule has 0 bridgehead atoms. The van der Waals surface area contributed by atoms with Crippen LogP contribution in [0.15, 0.2) is 168 Å². The van der Waals surface area contributed by atoms with Crippen molar-refractivity contribution in [3.05, 3.63) is 180 Å². The lowest BCUT2D eigenvalue weighted by Gasteiger charge is -2.29. The Morgan fingerprint density at radius 2 is 1.04 bits per heavy atom. The maximum absolute atomic E-state index is 15.8. The second-order valence-corrected chi connectivity index (χ2v) is 12.8. The molecule has 2 aliphatic rings. The van der Waals surface area contributed by atoms with Crippen LogP contribution in [-0.2, 0) is 0 Å². The average molecular weight is 617 g/mol. The standard InChI is InChI=1S/C46H29FO/c47-45-37-21-10-8-19-35(37)44(36-20-9-11-22-38(36)45)40-24-12-23-39-30-26-25-29(27-41(30)48-46(39)40)43-33-17-6-4-15-31(33)42(28-13-2-1-3-14-28)32-16-5-7-18-34(32)43/h1-27,35,37H. The van der Waals surface area contributed by atoms with E-state index in [1.165, 1.54) is 38.2 Å². The zero-order valence-corrected chi connectivity index (χ0v) is 26.0. The predicted octanol–water partition coefficient (Wildman–Crippen LogP) is 10.9. The zero-order valence-electron chi connectivity index (χ0n) is 26.0. The summed E-state index contributed by atoms with van der Waals surface area (Å²) in [6.45, 7) is 0. The van der Waals surface area contributed by atoms with Crippen molar-refractivity contribution in [2.24, 2.45) is 11.8 Å². The first-order valence-electron chi connectivity index (χ1n) is 16.5. The van der Waals surface area contributed by atoms with Gasteiger partial charge < -0.3 is 4.42 Å². The molecule has 0 aliphatic heterocycles. The van der Waals surface area contributed by atoms with Crippen molar-refractivity contribution in [1.29, 1.82) is 0 Å². The van der Waals surface area contributed by atoms with Crippen LogP contribution < -0.4 is 10.4 Å². The number of hydrogen-bond acceptors (Lipinski definition) is 1. The summed E-state index contributed by atoms with van der Waals surface area (Å²) in [4.78, 5) is 0. The molecule has 8 aromatic rings. The monoisotopic (exact) mass is 616 g/mol. The van der Waals surface area contributed by atoms with E-state index in [-0.39, 0.29) is 17.7 Å². The molecule has 0 saturated carbocycles. The molecule has 0 N–H and O–H groups in total. The summed E-state index contributed by atoms with van der Waals surface area (Å²) >= 11 is 0. The summed E-state index contributed by atoms with van der Waals surface area (Å²) in [7, 11) is 0. The lowest BCUT2D eigenvalue weighted by Crippen LogP contribution is -2.38. The fourth-order valence-corrected chi connectivity index (χ4v) is 8.26. The summed E-state index contributed by atoms with van der Waals surface area (Å²) in [6, 6.07) is 49.0. The van der Waals surface area contributed by atoms with Gasteiger partial charge in [-0.1, -0.05) is 152 Å². The molecule has 1 aromatic heterocycles. The molecule has 2 aliphatic carbocycles. The van der Waals surface area contributed by atoms with Gasteiger partial charge in [-0.3, -0.25) is 0 Å². The minimum atomic E-state index is -0.327. The number of fused-ring (bicyclic) bond motifs is 7. The van der Waals surface area contributed by atoms with Gasteiger partial charge in [0, 0.05) is 33.4 Å². The Hall–Kier alpha value is -5.99. The predicted molar refractivity (Wildman–Crippen MR) is 198 cm³/mol. The quantitative estimate of drug-likeness (QED) is 0.180. The van der Waals surface area contributed by atoms with Crippen LogP contribution in [0.3, 0.4) is 0 Å². The molecule has 226 valence electrons. The molecule has 0 fully saturated rings. The van der Waals surface area contributed by atoms with E-state index in [2.05, 4.69) is 121 Å². The Kier molecular flexibility index (Phi) is 5.95. The first-order valence-corrected chi connectivity index (χ1v) is 16.5. The molecular weight excluding hydrogens is 588 g/mol. The highest BCUT2D eigenvalue weighted by atomic mass is 19.1. The van der Waals surface area contributed by atoms with Crippen LogP contribution in [0.1, 0.15) is 5.56 Å². The maximum Gasteiger partial charge on any atom is 0.142 e. The zero-order chi connectivity index (χ0) is 31.8. The summed E-state index contributed by atoms with van der Waals surface area (Å²) in [5.41, 5.74) is 8.58. The molecular formula is C46H29FO. The highest BCUT2D eigenvalue weighted by Gasteiger charge is 2.32. The van der Waals surface area contributed by atoms with Crippen molar-refractivity contribution < 1.29 is 8.81 Å². The molecule has 10 rings (SSSR count). The van der Waals surface area contributed by atoms with Crippen LogP contribution in [0.4, 0.5) is 4.39 Å². The van der Waals surface area contributed by atoms with Crippen LogP contribution in [0.2, 0.25) is 0 Å². The molecule has 0 amide bonds. The fourth-order valence-electron chi connectivity index (χ4n) is 8.26. The van der Waals surface area contributed by atoms with E-state index in [1.807, 2.05) is 42.5 Å². The smallest absolute Gasteiger partial charge is 0.142 e. The number of allylic oxidation sites excluding steroid dienone is 4. The lowest BCUT2D eigenvalue weighted by molar-refractivity contribution is 0.566. The minimum absolute atomic E-state index is 0.0703. The molecule has 1 heterocycles. The average Bonchev–Trinajstić information content (AvgIpc) is 3.53. The molecule has 48 heavy (non-hydrogen) atoms. The summed E-state index contributed by atoms with van der Waals surface area (Å²) in [6.07, 6.45) is 8.10. The van der Waals surface area contributed by atoms with Gasteiger partial charge in [0.15, 0.2) is 0 Å². The van der Waals surface area contributed by atoms with Crippen molar-refractivity contribution in [1.82, 2.24) is 0 Å². The highest BCUT2D eigenvalue weighted by molar-refractivity contribution is 6.22. The van der Waals surface area contributed by atoms with Crippen LogP contribution >= 0.6 is 0 Å². The van der Waals surface area contributed by atoms with Gasteiger partial charge in [0.1, 0.15) is 17.0 Å². The molecule has 2 unspecified atom stereocenters. The third-order valence-corrected chi connectivity index (χ3v) is 10.3. The lowest BCUT2D eigenvalue weighted by atomic mass is 9.74. The van der Waals surface area contributed by atoms with Crippen molar-refractivity contribution in [2.75, 3.05) is 0 Å². The van der Waals surface area contributed by atoms with Crippen molar-refractivity contribution in [3.8, 4) is 22.3 Å². The van der Waals surface area contributed by atoms with E-state index in [9.17, 15) is 0 Å². The minimum Gasteiger partial charge on any atom is -0.455 e. The summed E-state index contributed by atoms with van der Waals surface area (Å²) in [5, 5.41) is 8.61. The van der Waals surface area contributed by atoms with Gasteiger partial charge in [-0.25, -0.2) is 4.39 Å². The first kappa shape index (κ1) is 27.2. The van der Waals surface area contributed by atoms with Crippen molar-refractivity contribution >= 4 is 54.9 Å². The Bertz CT molecular complexity index is 2740. The van der Waals surface area contributed by atoms with Gasteiger partial charge in [-0.15, -0.1) is 0 Å². The maximum atomic E-state index is 15.8. The number of hydrogen-bond donors (Lipinski definition) is 0. The van der Waals surface area contributed by atoms with Gasteiger partial charge in [-0.05, 0) is 66.7 Å². The number of furan rings is 1. The second kappa shape index (κ2) is 10.5. The fraction of sp³-hybridized carbons (Fsp3) is 0.0435. The summed E-state index contributed by atoms with van der Waals surface area (Å²) in [5.74, 6) is -0.509. The normalized spacial score (nSPS) is 17.0. The molecule has 7 aromatic carbocycles. The molecule has 0 saturated heterocycles. The van der Waals surface area contributed by atoms with E-state index in [1.54, 1.807) is 0 Å². The Balaban J connectivity index is 1.24. The molecule has 1 nitrogen and oxygen atoms in total. The van der Waals surface area contributed by atoms with Gasteiger partial charge in [0.25, 0.3) is 0 Å². The first-order chi connectivity index (χ1) is 23.8. The van der Waals surface area contributed by atoms with E-state index in [0.29, 0.717) is 5.22 Å². The number of benzene rings is 7. The number of rotatable bonds is 3. The topological polar surface area (TPSA) is 13.1 Å². The SMILES string of the molecule is FC1=c2ccccc2=C(c2cccc3c2oc2cc(-c4c5ccccc5c(-c5ccccc5)c5ccccc45)ccc23)C2C=CC=CC12. The van der Waals surface area contributed by atoms with Gasteiger partial charge >= 0.3 is 0 Å². The second-order valence-electron chi connectivity index (χ2n) is 12.8. The summed E-state index contributed by atoms with van der Waals surface area (Å²) < 4.78 is 22.7. The van der Waals surface area contributed by atoms with Crippen LogP contribution in [0, 0.1) is 11.8 Å². The highest BCUT2D eigenvalue weighted by Crippen LogP contribution is 2.46. The molecule has 2 atom stereocenters. The van der Waals surface area contributed by atoms with Crippen LogP contribution in [-0.4, -0.2) is 0 Å². The van der Waals surface area contributed by atoms with Crippen LogP contribution in [0.25, 0.3) is 77.1 Å². The molecule has 0 spiro atoms. The van der Waals surface area contributed by atoms with Gasteiger partial charge in [-0.2, -0.15) is 0 Å². The van der Waals surface area contributed by atoms with Crippen molar-refractivity contribution in [2.45, 2.75) is 0 Å². The Labute approximate surface area is 276 Å². The van der Waals surface area contributed by atoms with Gasteiger partial charge in [0.05, 0.1) is 0 Å².